The number of hydrogen-bond acceptors (Lipinski definition) is 4. The molecule has 1 aliphatic rings. The fraction of sp³-hybridized carbons (Fsp3) is 0.750. The first kappa shape index (κ1) is 10.0. The Balaban J connectivity index is 2.06. The summed E-state index contributed by atoms with van der Waals surface area (Å²) < 4.78 is 2.52. The Kier molecular flexibility index (Phi) is 3.12. The zero-order valence-electron chi connectivity index (χ0n) is 7.90. The zero-order chi connectivity index (χ0) is 9.97. The monoisotopic (exact) mass is 230 g/mol. The minimum atomic E-state index is 0.501. The maximum atomic E-state index is 5.70. The SMILES string of the molecule is Nc1n[nH]c(=S)n1CC1CCCCS1. The third kappa shape index (κ3) is 2.12. The first-order valence-electron chi connectivity index (χ1n) is 4.79. The molecule has 0 spiro atoms. The van der Waals surface area contributed by atoms with Gasteiger partial charge in [0.1, 0.15) is 0 Å². The topological polar surface area (TPSA) is 59.6 Å². The van der Waals surface area contributed by atoms with Gasteiger partial charge in [0.25, 0.3) is 0 Å². The summed E-state index contributed by atoms with van der Waals surface area (Å²) in [5.41, 5.74) is 5.70. The van der Waals surface area contributed by atoms with Crippen LogP contribution in [-0.4, -0.2) is 25.8 Å². The molecular weight excluding hydrogens is 216 g/mol. The number of nitrogens with one attached hydrogen (secondary N) is 1. The average molecular weight is 230 g/mol. The van der Waals surface area contributed by atoms with Crippen LogP contribution in [0.4, 0.5) is 5.95 Å². The number of thioether (sulfide) groups is 1. The molecule has 6 heteroatoms. The van der Waals surface area contributed by atoms with Gasteiger partial charge in [-0.1, -0.05) is 6.42 Å². The second kappa shape index (κ2) is 4.35. The molecule has 0 saturated carbocycles. The Morgan fingerprint density at radius 3 is 3.07 bits per heavy atom. The third-order valence-electron chi connectivity index (χ3n) is 2.45. The number of hydrogen-bond donors (Lipinski definition) is 2. The van der Waals surface area contributed by atoms with Gasteiger partial charge in [-0.05, 0) is 30.8 Å². The highest BCUT2D eigenvalue weighted by molar-refractivity contribution is 7.99. The summed E-state index contributed by atoms with van der Waals surface area (Å²) in [6.45, 7) is 0.895. The van der Waals surface area contributed by atoms with Crippen LogP contribution < -0.4 is 5.73 Å². The van der Waals surface area contributed by atoms with Crippen molar-refractivity contribution in [2.45, 2.75) is 31.1 Å². The number of nitrogens with zero attached hydrogens (tertiary/aromatic N) is 2. The van der Waals surface area contributed by atoms with E-state index in [1.807, 2.05) is 16.3 Å². The lowest BCUT2D eigenvalue weighted by Gasteiger charge is -2.21. The van der Waals surface area contributed by atoms with Gasteiger partial charge in [0.15, 0.2) is 4.77 Å². The minimum absolute atomic E-state index is 0.501. The van der Waals surface area contributed by atoms with E-state index in [1.54, 1.807) is 0 Å². The molecule has 1 aromatic heterocycles. The lowest BCUT2D eigenvalue weighted by atomic mass is 10.2. The quantitative estimate of drug-likeness (QED) is 0.761. The summed E-state index contributed by atoms with van der Waals surface area (Å²) in [7, 11) is 0. The largest absolute Gasteiger partial charge is 0.368 e. The second-order valence-electron chi connectivity index (χ2n) is 3.49. The minimum Gasteiger partial charge on any atom is -0.368 e. The summed E-state index contributed by atoms with van der Waals surface area (Å²) >= 11 is 7.11. The van der Waals surface area contributed by atoms with Crippen molar-refractivity contribution in [3.63, 3.8) is 0 Å². The van der Waals surface area contributed by atoms with Crippen molar-refractivity contribution in [3.05, 3.63) is 4.77 Å². The first-order chi connectivity index (χ1) is 6.77. The molecule has 2 rings (SSSR count). The van der Waals surface area contributed by atoms with Gasteiger partial charge in [-0.25, -0.2) is 5.10 Å². The summed E-state index contributed by atoms with van der Waals surface area (Å²) in [4.78, 5) is 0. The number of H-pyrrole nitrogens is 1. The fourth-order valence-electron chi connectivity index (χ4n) is 1.66. The van der Waals surface area contributed by atoms with E-state index in [4.69, 9.17) is 18.0 Å². The van der Waals surface area contributed by atoms with Crippen LogP contribution in [0.5, 0.6) is 0 Å². The van der Waals surface area contributed by atoms with Gasteiger partial charge in [0.2, 0.25) is 5.95 Å². The van der Waals surface area contributed by atoms with E-state index >= 15 is 0 Å². The van der Waals surface area contributed by atoms with Gasteiger partial charge >= 0.3 is 0 Å². The highest BCUT2D eigenvalue weighted by Gasteiger charge is 2.15. The first-order valence-corrected chi connectivity index (χ1v) is 6.25. The number of nitrogens with two attached hydrogens (primary N) is 1. The van der Waals surface area contributed by atoms with Crippen LogP contribution in [-0.2, 0) is 6.54 Å². The van der Waals surface area contributed by atoms with E-state index < -0.39 is 0 Å². The van der Waals surface area contributed by atoms with Gasteiger partial charge in [-0.2, -0.15) is 11.8 Å². The van der Waals surface area contributed by atoms with Crippen LogP contribution in [0.25, 0.3) is 0 Å². The molecule has 1 aromatic rings. The molecule has 1 atom stereocenters. The predicted octanol–water partition coefficient (Wildman–Crippen LogP) is 1.81. The second-order valence-corrected chi connectivity index (χ2v) is 5.28. The molecule has 1 aliphatic heterocycles. The smallest absolute Gasteiger partial charge is 0.220 e. The highest BCUT2D eigenvalue weighted by atomic mass is 32.2. The van der Waals surface area contributed by atoms with Crippen molar-refractivity contribution in [3.8, 4) is 0 Å². The molecule has 4 nitrogen and oxygen atoms in total. The van der Waals surface area contributed by atoms with Gasteiger partial charge < -0.3 is 5.73 Å². The zero-order valence-corrected chi connectivity index (χ0v) is 9.53. The van der Waals surface area contributed by atoms with Crippen molar-refractivity contribution in [2.24, 2.45) is 0 Å². The van der Waals surface area contributed by atoms with Crippen molar-refractivity contribution >= 4 is 29.9 Å². The van der Waals surface area contributed by atoms with E-state index in [-0.39, 0.29) is 0 Å². The summed E-state index contributed by atoms with van der Waals surface area (Å²) in [5.74, 6) is 1.76. The highest BCUT2D eigenvalue weighted by Crippen LogP contribution is 2.26. The maximum Gasteiger partial charge on any atom is 0.220 e. The van der Waals surface area contributed by atoms with Crippen LogP contribution in [0, 0.1) is 4.77 Å². The maximum absolute atomic E-state index is 5.70. The van der Waals surface area contributed by atoms with E-state index in [0.29, 0.717) is 16.0 Å². The normalized spacial score (nSPS) is 22.4. The van der Waals surface area contributed by atoms with Crippen LogP contribution in [0.15, 0.2) is 0 Å². The number of rotatable bonds is 2. The van der Waals surface area contributed by atoms with Gasteiger partial charge in [0.05, 0.1) is 0 Å². The van der Waals surface area contributed by atoms with E-state index in [1.165, 1.54) is 25.0 Å². The number of anilines is 1. The van der Waals surface area contributed by atoms with Crippen molar-refractivity contribution in [1.82, 2.24) is 14.8 Å². The van der Waals surface area contributed by atoms with E-state index in [2.05, 4.69) is 10.2 Å². The molecule has 1 fully saturated rings. The Morgan fingerprint density at radius 1 is 1.64 bits per heavy atom. The summed E-state index contributed by atoms with van der Waals surface area (Å²) in [5, 5.41) is 7.25. The molecule has 0 aromatic carbocycles. The van der Waals surface area contributed by atoms with E-state index in [9.17, 15) is 0 Å². The Bertz CT molecular complexity index is 350. The van der Waals surface area contributed by atoms with Crippen molar-refractivity contribution in [1.29, 1.82) is 0 Å². The predicted molar refractivity (Wildman–Crippen MR) is 61.9 cm³/mol. The molecule has 0 bridgehead atoms. The van der Waals surface area contributed by atoms with Gasteiger partial charge in [-0.15, -0.1) is 5.10 Å². The number of nitrogen functional groups attached to an aromatic ring is 1. The molecule has 2 heterocycles. The van der Waals surface area contributed by atoms with Gasteiger partial charge in [-0.3, -0.25) is 4.57 Å². The lowest BCUT2D eigenvalue weighted by molar-refractivity contribution is 0.582. The summed E-state index contributed by atoms with van der Waals surface area (Å²) in [6, 6.07) is 0. The molecule has 1 unspecified atom stereocenters. The lowest BCUT2D eigenvalue weighted by Crippen LogP contribution is -2.18. The standard InChI is InChI=1S/C8H14N4S2/c9-7-10-11-8(13)12(7)5-6-3-1-2-4-14-6/h6H,1-5H2,(H2,9,10)(H,11,13). The van der Waals surface area contributed by atoms with E-state index in [0.717, 1.165) is 6.54 Å². The molecule has 0 amide bonds. The molecule has 1 saturated heterocycles. The third-order valence-corrected chi connectivity index (χ3v) is 4.14. The number of aromatic nitrogens is 3. The van der Waals surface area contributed by atoms with Crippen LogP contribution >= 0.6 is 24.0 Å². The molecule has 78 valence electrons. The summed E-state index contributed by atoms with van der Waals surface area (Å²) in [6.07, 6.45) is 3.92. The average Bonchev–Trinajstić information content (AvgIpc) is 2.51. The Labute approximate surface area is 92.3 Å². The van der Waals surface area contributed by atoms with Crippen LogP contribution in [0.2, 0.25) is 0 Å². The van der Waals surface area contributed by atoms with Crippen molar-refractivity contribution in [2.75, 3.05) is 11.5 Å². The van der Waals surface area contributed by atoms with Crippen molar-refractivity contribution < 1.29 is 0 Å². The molecule has 3 N–H and O–H groups in total. The van der Waals surface area contributed by atoms with Crippen LogP contribution in [0.1, 0.15) is 19.3 Å². The molecular formula is C8H14N4S2. The Morgan fingerprint density at radius 2 is 2.50 bits per heavy atom. The number of aromatic amines is 1. The molecule has 0 aliphatic carbocycles. The molecule has 14 heavy (non-hydrogen) atoms. The van der Waals surface area contributed by atoms with Gasteiger partial charge in [0, 0.05) is 11.8 Å². The Hall–Kier alpha value is -0.490. The van der Waals surface area contributed by atoms with Crippen LogP contribution in [0.3, 0.4) is 0 Å². The fourth-order valence-corrected chi connectivity index (χ4v) is 3.17. The molecule has 0 radical (unpaired) electrons.